The summed E-state index contributed by atoms with van der Waals surface area (Å²) in [4.78, 5) is 11.0. The summed E-state index contributed by atoms with van der Waals surface area (Å²) in [5.41, 5.74) is 6.41. The van der Waals surface area contributed by atoms with E-state index in [9.17, 15) is 4.79 Å². The summed E-state index contributed by atoms with van der Waals surface area (Å²) in [7, 11) is 0. The van der Waals surface area contributed by atoms with Crippen molar-refractivity contribution in [2.75, 3.05) is 0 Å². The molecule has 0 aromatic rings. The van der Waals surface area contributed by atoms with Gasteiger partial charge in [-0.2, -0.15) is 0 Å². The van der Waals surface area contributed by atoms with E-state index in [1.807, 2.05) is 19.9 Å². The number of allylic oxidation sites excluding steroid dienone is 7. The van der Waals surface area contributed by atoms with E-state index < -0.39 is 5.97 Å². The lowest BCUT2D eigenvalue weighted by Gasteiger charge is -2.09. The number of rotatable bonds is 4. The number of halogens is 1. The Balaban J connectivity index is 3.34. The minimum absolute atomic E-state index is 0.0359. The van der Waals surface area contributed by atoms with Crippen molar-refractivity contribution in [2.45, 2.75) is 26.7 Å². The third-order valence-electron chi connectivity index (χ3n) is 2.72. The van der Waals surface area contributed by atoms with Gasteiger partial charge in [-0.1, -0.05) is 24.3 Å². The van der Waals surface area contributed by atoms with E-state index in [1.54, 1.807) is 18.2 Å². The van der Waals surface area contributed by atoms with Gasteiger partial charge < -0.3 is 5.11 Å². The minimum atomic E-state index is -0.864. The highest BCUT2D eigenvalue weighted by Crippen LogP contribution is 2.28. The molecule has 1 rings (SSSR count). The predicted octanol–water partition coefficient (Wildman–Crippen LogP) is 4.52. The molecular formula is C16H17ClO2. The summed E-state index contributed by atoms with van der Waals surface area (Å²) in [6.45, 7) is 7.65. The number of carbonyl (C=O) groups is 1. The predicted molar refractivity (Wildman–Crippen MR) is 79.1 cm³/mol. The lowest BCUT2D eigenvalue weighted by atomic mass is 9.95. The molecule has 0 atom stereocenters. The van der Waals surface area contributed by atoms with Crippen LogP contribution in [0.2, 0.25) is 0 Å². The first-order valence-electron chi connectivity index (χ1n) is 5.99. The Morgan fingerprint density at radius 1 is 1.63 bits per heavy atom. The molecule has 19 heavy (non-hydrogen) atoms. The molecule has 0 heterocycles. The van der Waals surface area contributed by atoms with Crippen LogP contribution >= 0.6 is 11.6 Å². The van der Waals surface area contributed by atoms with Crippen molar-refractivity contribution in [1.29, 1.82) is 0 Å². The highest BCUT2D eigenvalue weighted by atomic mass is 35.5. The standard InChI is InChI=1S/C16H17ClO2/c1-4-5-14(17)9-13-8-11(2)6-7-12(3)15(13)10-16(18)19/h4-6,9H,2,8,10H2,1,3H3,(H,18,19)/b5-4-,14-9+. The fourth-order valence-electron chi connectivity index (χ4n) is 1.85. The molecule has 1 N–H and O–H groups in total. The molecule has 0 aromatic heterocycles. The topological polar surface area (TPSA) is 37.3 Å². The van der Waals surface area contributed by atoms with Crippen molar-refractivity contribution in [3.8, 4) is 0 Å². The summed E-state index contributed by atoms with van der Waals surface area (Å²) in [6.07, 6.45) is 7.75. The molecule has 0 bridgehead atoms. The summed E-state index contributed by atoms with van der Waals surface area (Å²) in [5, 5.41) is 9.59. The zero-order chi connectivity index (χ0) is 14.4. The molecule has 1 aliphatic rings. The summed E-state index contributed by atoms with van der Waals surface area (Å²) in [6, 6.07) is 0. The Labute approximate surface area is 118 Å². The van der Waals surface area contributed by atoms with Gasteiger partial charge in [0, 0.05) is 5.03 Å². The Bertz CT molecular complexity index is 553. The Hall–Kier alpha value is -1.76. The van der Waals surface area contributed by atoms with Gasteiger partial charge in [-0.15, -0.1) is 5.73 Å². The van der Waals surface area contributed by atoms with Crippen LogP contribution in [0.3, 0.4) is 0 Å². The van der Waals surface area contributed by atoms with Crippen LogP contribution in [0.25, 0.3) is 0 Å². The number of aliphatic carboxylic acids is 1. The fourth-order valence-corrected chi connectivity index (χ4v) is 2.11. The van der Waals surface area contributed by atoms with Gasteiger partial charge in [-0.05, 0) is 60.8 Å². The molecule has 0 aromatic carbocycles. The molecule has 0 amide bonds. The second kappa shape index (κ2) is 6.98. The van der Waals surface area contributed by atoms with Crippen molar-refractivity contribution in [3.05, 3.63) is 63.9 Å². The Morgan fingerprint density at radius 3 is 2.89 bits per heavy atom. The zero-order valence-electron chi connectivity index (χ0n) is 11.2. The maximum absolute atomic E-state index is 11.0. The summed E-state index contributed by atoms with van der Waals surface area (Å²) >= 11 is 6.09. The first kappa shape index (κ1) is 15.3. The molecule has 0 fully saturated rings. The van der Waals surface area contributed by atoms with Gasteiger partial charge in [0.25, 0.3) is 0 Å². The van der Waals surface area contributed by atoms with Crippen LogP contribution < -0.4 is 0 Å². The second-order valence-corrected chi connectivity index (χ2v) is 4.79. The van der Waals surface area contributed by atoms with Gasteiger partial charge in [0.1, 0.15) is 0 Å². The van der Waals surface area contributed by atoms with Crippen LogP contribution in [0, 0.1) is 0 Å². The molecule has 0 unspecified atom stereocenters. The van der Waals surface area contributed by atoms with Crippen LogP contribution in [0.4, 0.5) is 0 Å². The van der Waals surface area contributed by atoms with Crippen LogP contribution in [-0.2, 0) is 4.79 Å². The minimum Gasteiger partial charge on any atom is -0.481 e. The Kier molecular flexibility index (Phi) is 5.62. The van der Waals surface area contributed by atoms with E-state index in [2.05, 4.69) is 12.3 Å². The SMILES string of the molecule is C=C1C=C=C(C)C(CC(=O)O)=C(/C=C(Cl)\C=C/C)C1. The number of hydrogen-bond acceptors (Lipinski definition) is 1. The third-order valence-corrected chi connectivity index (χ3v) is 2.95. The van der Waals surface area contributed by atoms with Crippen molar-refractivity contribution >= 4 is 17.6 Å². The Morgan fingerprint density at radius 2 is 2.32 bits per heavy atom. The summed E-state index contributed by atoms with van der Waals surface area (Å²) < 4.78 is 0. The van der Waals surface area contributed by atoms with Gasteiger partial charge >= 0.3 is 5.97 Å². The van der Waals surface area contributed by atoms with E-state index in [0.29, 0.717) is 11.5 Å². The quantitative estimate of drug-likeness (QED) is 0.605. The van der Waals surface area contributed by atoms with E-state index in [1.165, 1.54) is 0 Å². The highest BCUT2D eigenvalue weighted by molar-refractivity contribution is 6.31. The largest absolute Gasteiger partial charge is 0.481 e. The molecule has 3 heteroatoms. The molecule has 0 aliphatic heterocycles. The van der Waals surface area contributed by atoms with Crippen molar-refractivity contribution in [2.24, 2.45) is 0 Å². The number of hydrogen-bond donors (Lipinski definition) is 1. The second-order valence-electron chi connectivity index (χ2n) is 4.35. The number of carboxylic acid groups (broad SMARTS) is 1. The van der Waals surface area contributed by atoms with E-state index in [0.717, 1.165) is 22.3 Å². The van der Waals surface area contributed by atoms with Gasteiger partial charge in [-0.3, -0.25) is 4.79 Å². The van der Waals surface area contributed by atoms with E-state index >= 15 is 0 Å². The third kappa shape index (κ3) is 4.78. The smallest absolute Gasteiger partial charge is 0.307 e. The zero-order valence-corrected chi connectivity index (χ0v) is 11.9. The molecular weight excluding hydrogens is 260 g/mol. The molecule has 0 saturated heterocycles. The van der Waals surface area contributed by atoms with Gasteiger partial charge in [-0.25, -0.2) is 0 Å². The van der Waals surface area contributed by atoms with E-state index in [-0.39, 0.29) is 6.42 Å². The average Bonchev–Trinajstić information content (AvgIpc) is 2.43. The van der Waals surface area contributed by atoms with Crippen LogP contribution in [0.1, 0.15) is 26.7 Å². The molecule has 1 aliphatic carbocycles. The maximum Gasteiger partial charge on any atom is 0.307 e. The lowest BCUT2D eigenvalue weighted by molar-refractivity contribution is -0.136. The molecule has 0 radical (unpaired) electrons. The molecule has 100 valence electrons. The van der Waals surface area contributed by atoms with Crippen molar-refractivity contribution in [1.82, 2.24) is 0 Å². The average molecular weight is 277 g/mol. The fraction of sp³-hybridized carbons (Fsp3) is 0.250. The lowest BCUT2D eigenvalue weighted by Crippen LogP contribution is -2.01. The van der Waals surface area contributed by atoms with Crippen molar-refractivity contribution < 1.29 is 9.90 Å². The highest BCUT2D eigenvalue weighted by Gasteiger charge is 2.14. The van der Waals surface area contributed by atoms with Crippen molar-refractivity contribution in [3.63, 3.8) is 0 Å². The van der Waals surface area contributed by atoms with E-state index in [4.69, 9.17) is 16.7 Å². The normalized spacial score (nSPS) is 16.9. The first-order valence-corrected chi connectivity index (χ1v) is 6.37. The van der Waals surface area contributed by atoms with Crippen LogP contribution in [0.5, 0.6) is 0 Å². The first-order chi connectivity index (χ1) is 8.93. The molecule has 2 nitrogen and oxygen atoms in total. The van der Waals surface area contributed by atoms with Gasteiger partial charge in [0.15, 0.2) is 0 Å². The monoisotopic (exact) mass is 276 g/mol. The van der Waals surface area contributed by atoms with Gasteiger partial charge in [0.05, 0.1) is 6.42 Å². The van der Waals surface area contributed by atoms with Gasteiger partial charge in [0.2, 0.25) is 0 Å². The summed E-state index contributed by atoms with van der Waals surface area (Å²) in [5.74, 6) is -0.864. The van der Waals surface area contributed by atoms with Crippen LogP contribution in [0.15, 0.2) is 63.9 Å². The molecule has 0 spiro atoms. The van der Waals surface area contributed by atoms with Crippen LogP contribution in [-0.4, -0.2) is 11.1 Å². The molecule has 0 saturated carbocycles. The maximum atomic E-state index is 11.0. The number of carboxylic acids is 1.